The lowest BCUT2D eigenvalue weighted by Gasteiger charge is -2.48. The maximum atomic E-state index is 13.6. The van der Waals surface area contributed by atoms with E-state index in [2.05, 4.69) is 21.3 Å². The van der Waals surface area contributed by atoms with Crippen molar-refractivity contribution < 1.29 is 29.3 Å². The Morgan fingerprint density at radius 2 is 1.68 bits per heavy atom. The van der Waals surface area contributed by atoms with E-state index in [1.54, 1.807) is 24.4 Å². The molecule has 1 aromatic carbocycles. The Hall–Kier alpha value is -3.76. The number of pyridine rings is 1. The van der Waals surface area contributed by atoms with Crippen LogP contribution in [0.25, 0.3) is 0 Å². The summed E-state index contributed by atoms with van der Waals surface area (Å²) >= 11 is 6.71. The molecule has 0 aliphatic carbocycles. The Morgan fingerprint density at radius 3 is 2.34 bits per heavy atom. The average molecular weight is 709 g/mol. The summed E-state index contributed by atoms with van der Waals surface area (Å²) in [6, 6.07) is 6.03. The molecule has 12 nitrogen and oxygen atoms in total. The number of carboxylic acids is 1. The molecule has 3 aliphatic rings. The molecule has 2 unspecified atom stereocenters. The number of carbonyl (C=O) groups is 3. The number of benzene rings is 1. The number of amides is 2. The first-order valence-corrected chi connectivity index (χ1v) is 18.2. The molecule has 270 valence electrons. The van der Waals surface area contributed by atoms with Gasteiger partial charge >= 0.3 is 5.97 Å². The number of nitrogens with zero attached hydrogens (tertiary/aromatic N) is 5. The first kappa shape index (κ1) is 37.5. The van der Waals surface area contributed by atoms with Gasteiger partial charge in [-0.1, -0.05) is 11.6 Å². The van der Waals surface area contributed by atoms with E-state index in [1.807, 2.05) is 9.80 Å². The SMILES string of the molecule is N#Cc1cncc(COc2cc(CCC(=O)N3CCCC4(CCCN(C(=O)CCCN5CCCC5)C4)C3)c(Cl)cc2CNC(CO)C(=O)O)c1. The summed E-state index contributed by atoms with van der Waals surface area (Å²) in [6.07, 6.45) is 11.6. The molecule has 3 aliphatic heterocycles. The highest BCUT2D eigenvalue weighted by atomic mass is 35.5. The van der Waals surface area contributed by atoms with Crippen molar-refractivity contribution in [2.75, 3.05) is 52.4 Å². The predicted octanol–water partition coefficient (Wildman–Crippen LogP) is 3.76. The number of piperidine rings is 2. The molecule has 4 heterocycles. The van der Waals surface area contributed by atoms with Crippen molar-refractivity contribution in [3.63, 3.8) is 0 Å². The molecule has 5 rings (SSSR count). The van der Waals surface area contributed by atoms with Crippen molar-refractivity contribution in [2.24, 2.45) is 5.41 Å². The summed E-state index contributed by atoms with van der Waals surface area (Å²) in [6.45, 7) is 5.73. The number of rotatable bonds is 15. The first-order chi connectivity index (χ1) is 24.2. The number of aliphatic hydroxyl groups is 1. The van der Waals surface area contributed by atoms with E-state index in [1.165, 1.54) is 19.0 Å². The summed E-state index contributed by atoms with van der Waals surface area (Å²) in [5, 5.41) is 31.3. The van der Waals surface area contributed by atoms with Crippen LogP contribution in [-0.4, -0.2) is 106 Å². The van der Waals surface area contributed by atoms with Gasteiger partial charge in [0.05, 0.1) is 12.2 Å². The lowest BCUT2D eigenvalue weighted by molar-refractivity contribution is -0.141. The van der Waals surface area contributed by atoms with Crippen molar-refractivity contribution in [3.05, 3.63) is 57.9 Å². The molecule has 0 radical (unpaired) electrons. The van der Waals surface area contributed by atoms with E-state index in [0.717, 1.165) is 63.8 Å². The Kier molecular flexibility index (Phi) is 13.5. The van der Waals surface area contributed by atoms with Gasteiger partial charge in [-0.05, 0) is 94.8 Å². The van der Waals surface area contributed by atoms with Crippen LogP contribution in [0.2, 0.25) is 5.02 Å². The Balaban J connectivity index is 1.20. The second kappa shape index (κ2) is 17.9. The normalized spacial score (nSPS) is 20.1. The number of aryl methyl sites for hydroxylation is 1. The fourth-order valence-corrected chi connectivity index (χ4v) is 7.83. The van der Waals surface area contributed by atoms with Gasteiger partial charge in [0.25, 0.3) is 0 Å². The minimum atomic E-state index is -1.18. The third kappa shape index (κ3) is 10.2. The smallest absolute Gasteiger partial charge is 0.323 e. The lowest BCUT2D eigenvalue weighted by Crippen LogP contribution is -2.54. The molecule has 0 bridgehead atoms. The fourth-order valence-electron chi connectivity index (χ4n) is 7.55. The van der Waals surface area contributed by atoms with Crippen LogP contribution in [0, 0.1) is 16.7 Å². The second-order valence-electron chi connectivity index (χ2n) is 14.0. The second-order valence-corrected chi connectivity index (χ2v) is 14.4. The molecule has 0 saturated carbocycles. The Bertz CT molecular complexity index is 1540. The van der Waals surface area contributed by atoms with Crippen molar-refractivity contribution in [2.45, 2.75) is 83.4 Å². The van der Waals surface area contributed by atoms with Gasteiger partial charge in [-0.3, -0.25) is 24.7 Å². The third-order valence-corrected chi connectivity index (χ3v) is 10.6. The van der Waals surface area contributed by atoms with Gasteiger partial charge in [0.2, 0.25) is 11.8 Å². The predicted molar refractivity (Wildman–Crippen MR) is 187 cm³/mol. The van der Waals surface area contributed by atoms with Gasteiger partial charge in [0, 0.05) is 79.5 Å². The van der Waals surface area contributed by atoms with Crippen LogP contribution >= 0.6 is 11.6 Å². The summed E-state index contributed by atoms with van der Waals surface area (Å²) in [7, 11) is 0. The zero-order valence-corrected chi connectivity index (χ0v) is 29.5. The van der Waals surface area contributed by atoms with Crippen molar-refractivity contribution in [3.8, 4) is 11.8 Å². The van der Waals surface area contributed by atoms with E-state index >= 15 is 0 Å². The number of hydrogen-bond acceptors (Lipinski definition) is 9. The molecule has 2 aromatic rings. The zero-order chi connectivity index (χ0) is 35.5. The number of ether oxygens (including phenoxy) is 1. The van der Waals surface area contributed by atoms with Gasteiger partial charge in [0.15, 0.2) is 0 Å². The molecule has 1 aromatic heterocycles. The van der Waals surface area contributed by atoms with Gasteiger partial charge < -0.3 is 29.6 Å². The molecular formula is C37H49ClN6O6. The number of hydrogen-bond donors (Lipinski definition) is 3. The van der Waals surface area contributed by atoms with Gasteiger partial charge in [0.1, 0.15) is 24.5 Å². The van der Waals surface area contributed by atoms with Gasteiger partial charge in [-0.15, -0.1) is 0 Å². The van der Waals surface area contributed by atoms with E-state index in [-0.39, 0.29) is 36.8 Å². The van der Waals surface area contributed by atoms with Crippen LogP contribution < -0.4 is 10.1 Å². The third-order valence-electron chi connectivity index (χ3n) is 10.3. The average Bonchev–Trinajstić information content (AvgIpc) is 3.64. The molecular weight excluding hydrogens is 660 g/mol. The summed E-state index contributed by atoms with van der Waals surface area (Å²) in [5.74, 6) is -0.454. The van der Waals surface area contributed by atoms with Gasteiger partial charge in [-0.25, -0.2) is 0 Å². The number of aliphatic hydroxyl groups excluding tert-OH is 1. The van der Waals surface area contributed by atoms with Crippen molar-refractivity contribution in [1.82, 2.24) is 25.0 Å². The van der Waals surface area contributed by atoms with Crippen LogP contribution in [0.5, 0.6) is 5.75 Å². The highest BCUT2D eigenvalue weighted by molar-refractivity contribution is 6.31. The Labute approximate surface area is 299 Å². The number of aromatic nitrogens is 1. The maximum Gasteiger partial charge on any atom is 0.323 e. The standard InChI is InChI=1S/C37H49ClN6O6/c38-31-17-30(22-41-32(23-45)36(48)49)33(50-24-28-16-27(19-39)20-40-21-28)18-29(31)7-8-35(47)44-15-5-10-37(26-44)9-4-14-43(25-37)34(46)6-3-13-42-11-1-2-12-42/h16-18,20-21,32,41,45H,1-15,22-26H2,(H,48,49). The highest BCUT2D eigenvalue weighted by Crippen LogP contribution is 2.39. The van der Waals surface area contributed by atoms with Crippen molar-refractivity contribution in [1.29, 1.82) is 5.26 Å². The topological polar surface area (TPSA) is 159 Å². The molecule has 1 spiro atoms. The molecule has 3 N–H and O–H groups in total. The zero-order valence-electron chi connectivity index (χ0n) is 28.7. The molecule has 50 heavy (non-hydrogen) atoms. The van der Waals surface area contributed by atoms with Crippen LogP contribution in [0.3, 0.4) is 0 Å². The number of aliphatic carboxylic acids is 1. The van der Waals surface area contributed by atoms with Crippen molar-refractivity contribution >= 4 is 29.4 Å². The Morgan fingerprint density at radius 1 is 0.980 bits per heavy atom. The first-order valence-electron chi connectivity index (χ1n) is 17.8. The van der Waals surface area contributed by atoms with E-state index in [0.29, 0.717) is 59.9 Å². The summed E-state index contributed by atoms with van der Waals surface area (Å²) in [5.41, 5.74) is 2.31. The number of halogens is 1. The molecule has 2 atom stereocenters. The number of nitriles is 1. The largest absolute Gasteiger partial charge is 0.489 e. The van der Waals surface area contributed by atoms with E-state index in [9.17, 15) is 29.9 Å². The van der Waals surface area contributed by atoms with E-state index in [4.69, 9.17) is 16.3 Å². The number of carbonyl (C=O) groups excluding carboxylic acids is 2. The number of carboxylic acid groups (broad SMARTS) is 1. The lowest BCUT2D eigenvalue weighted by atomic mass is 9.73. The maximum absolute atomic E-state index is 13.6. The highest BCUT2D eigenvalue weighted by Gasteiger charge is 2.41. The fraction of sp³-hybridized carbons (Fsp3) is 0.595. The van der Waals surface area contributed by atoms with Crippen LogP contribution in [0.1, 0.15) is 80.0 Å². The minimum Gasteiger partial charge on any atom is -0.489 e. The molecule has 3 saturated heterocycles. The monoisotopic (exact) mass is 708 g/mol. The number of nitrogens with one attached hydrogen (secondary N) is 1. The molecule has 3 fully saturated rings. The van der Waals surface area contributed by atoms with Gasteiger partial charge in [-0.2, -0.15) is 5.26 Å². The molecule has 2 amide bonds. The quantitative estimate of drug-likeness (QED) is 0.249. The summed E-state index contributed by atoms with van der Waals surface area (Å²) in [4.78, 5) is 48.8. The van der Waals surface area contributed by atoms with E-state index < -0.39 is 18.6 Å². The molecule has 13 heteroatoms. The summed E-state index contributed by atoms with van der Waals surface area (Å²) < 4.78 is 6.13. The van der Waals surface area contributed by atoms with Crippen LogP contribution in [0.4, 0.5) is 0 Å². The minimum absolute atomic E-state index is 0.0501. The van der Waals surface area contributed by atoms with Crippen LogP contribution in [-0.2, 0) is 34.0 Å². The number of likely N-dealkylation sites (tertiary alicyclic amines) is 3. The van der Waals surface area contributed by atoms with Crippen LogP contribution in [0.15, 0.2) is 30.6 Å².